The fourth-order valence-electron chi connectivity index (χ4n) is 3.33. The minimum atomic E-state index is 0. The van der Waals surface area contributed by atoms with Gasteiger partial charge in [0.25, 0.3) is 0 Å². The summed E-state index contributed by atoms with van der Waals surface area (Å²) in [6.45, 7) is 3.63. The fourth-order valence-corrected chi connectivity index (χ4v) is 3.33. The van der Waals surface area contributed by atoms with E-state index < -0.39 is 0 Å². The topological polar surface area (TPSA) is 62.9 Å². The number of nitrogens with zero attached hydrogens (tertiary/aromatic N) is 2. The SMILES string of the molecule is I.NC(=NCC1CN(C2CC2)CCO1)NC1CCCCC1. The summed E-state index contributed by atoms with van der Waals surface area (Å²) in [6, 6.07) is 1.35. The third kappa shape index (κ3) is 5.56. The minimum Gasteiger partial charge on any atom is -0.374 e. The summed E-state index contributed by atoms with van der Waals surface area (Å²) in [5.74, 6) is 0.601. The van der Waals surface area contributed by atoms with Crippen LogP contribution in [-0.4, -0.2) is 55.3 Å². The van der Waals surface area contributed by atoms with Crippen LogP contribution < -0.4 is 11.1 Å². The minimum absolute atomic E-state index is 0. The molecule has 0 aromatic carbocycles. The quantitative estimate of drug-likeness (QED) is 0.423. The lowest BCUT2D eigenvalue weighted by atomic mass is 9.96. The van der Waals surface area contributed by atoms with E-state index in [-0.39, 0.29) is 30.1 Å². The molecule has 1 atom stereocenters. The molecule has 1 heterocycles. The summed E-state index contributed by atoms with van der Waals surface area (Å²) < 4.78 is 5.79. The third-order valence-corrected chi connectivity index (χ3v) is 4.66. The van der Waals surface area contributed by atoms with Crippen LogP contribution in [0.3, 0.4) is 0 Å². The summed E-state index contributed by atoms with van der Waals surface area (Å²) in [7, 11) is 0. The summed E-state index contributed by atoms with van der Waals surface area (Å²) in [5, 5.41) is 3.36. The Balaban J connectivity index is 0.00000161. The molecule has 1 aliphatic heterocycles. The van der Waals surface area contributed by atoms with Crippen LogP contribution >= 0.6 is 24.0 Å². The van der Waals surface area contributed by atoms with Gasteiger partial charge in [-0.25, -0.2) is 0 Å². The number of hydrogen-bond donors (Lipinski definition) is 2. The standard InChI is InChI=1S/C15H28N4O.HI/c16-15(18-12-4-2-1-3-5-12)17-10-14-11-19(8-9-20-14)13-6-7-13;/h12-14H,1-11H2,(H3,16,17,18);1H. The van der Waals surface area contributed by atoms with Crippen molar-refractivity contribution in [3.63, 3.8) is 0 Å². The van der Waals surface area contributed by atoms with Gasteiger partial charge in [-0.1, -0.05) is 19.3 Å². The van der Waals surface area contributed by atoms with E-state index in [1.807, 2.05) is 0 Å². The Bertz CT molecular complexity index is 343. The van der Waals surface area contributed by atoms with E-state index in [0.717, 1.165) is 25.7 Å². The molecule has 2 aliphatic carbocycles. The van der Waals surface area contributed by atoms with Gasteiger partial charge in [0.2, 0.25) is 0 Å². The second kappa shape index (κ2) is 8.53. The smallest absolute Gasteiger partial charge is 0.188 e. The zero-order valence-corrected chi connectivity index (χ0v) is 15.1. The summed E-state index contributed by atoms with van der Waals surface area (Å²) in [6.07, 6.45) is 9.39. The predicted molar refractivity (Wildman–Crippen MR) is 96.2 cm³/mol. The van der Waals surface area contributed by atoms with Crippen LogP contribution in [0.15, 0.2) is 4.99 Å². The van der Waals surface area contributed by atoms with Crippen LogP contribution in [0.1, 0.15) is 44.9 Å². The van der Waals surface area contributed by atoms with Crippen LogP contribution in [0.2, 0.25) is 0 Å². The van der Waals surface area contributed by atoms with Gasteiger partial charge in [0, 0.05) is 25.2 Å². The van der Waals surface area contributed by atoms with Crippen molar-refractivity contribution in [2.24, 2.45) is 10.7 Å². The molecule has 3 rings (SSSR count). The van der Waals surface area contributed by atoms with Gasteiger partial charge in [0.15, 0.2) is 5.96 Å². The molecular formula is C15H29IN4O. The van der Waals surface area contributed by atoms with E-state index in [9.17, 15) is 0 Å². The molecule has 0 aromatic rings. The van der Waals surface area contributed by atoms with Crippen molar-refractivity contribution < 1.29 is 4.74 Å². The zero-order valence-electron chi connectivity index (χ0n) is 12.8. The zero-order chi connectivity index (χ0) is 13.8. The van der Waals surface area contributed by atoms with Crippen LogP contribution in [0, 0.1) is 0 Å². The molecule has 1 saturated heterocycles. The molecule has 6 heteroatoms. The van der Waals surface area contributed by atoms with Crippen molar-refractivity contribution in [3.8, 4) is 0 Å². The van der Waals surface area contributed by atoms with Gasteiger partial charge < -0.3 is 15.8 Å². The van der Waals surface area contributed by atoms with E-state index in [1.54, 1.807) is 0 Å². The van der Waals surface area contributed by atoms with E-state index in [0.29, 0.717) is 18.5 Å². The molecule has 5 nitrogen and oxygen atoms in total. The van der Waals surface area contributed by atoms with Gasteiger partial charge in [-0.2, -0.15) is 0 Å². The van der Waals surface area contributed by atoms with Crippen LogP contribution in [0.5, 0.6) is 0 Å². The lowest BCUT2D eigenvalue weighted by Gasteiger charge is -2.32. The van der Waals surface area contributed by atoms with E-state index in [1.165, 1.54) is 44.9 Å². The number of morpholine rings is 1. The lowest BCUT2D eigenvalue weighted by molar-refractivity contribution is -0.0259. The van der Waals surface area contributed by atoms with Crippen LogP contribution in [0.25, 0.3) is 0 Å². The maximum absolute atomic E-state index is 6.00. The Labute approximate surface area is 145 Å². The van der Waals surface area contributed by atoms with Crippen LogP contribution in [-0.2, 0) is 4.74 Å². The van der Waals surface area contributed by atoms with Crippen molar-refractivity contribution in [1.29, 1.82) is 0 Å². The molecule has 3 N–H and O–H groups in total. The van der Waals surface area contributed by atoms with Gasteiger partial charge in [0.05, 0.1) is 19.3 Å². The number of halogens is 1. The molecule has 0 spiro atoms. The maximum Gasteiger partial charge on any atom is 0.188 e. The van der Waals surface area contributed by atoms with E-state index >= 15 is 0 Å². The molecule has 0 amide bonds. The summed E-state index contributed by atoms with van der Waals surface area (Å²) in [5.41, 5.74) is 6.00. The molecule has 0 radical (unpaired) electrons. The lowest BCUT2D eigenvalue weighted by Crippen LogP contribution is -2.46. The number of ether oxygens (including phenoxy) is 1. The first-order valence-electron chi connectivity index (χ1n) is 8.23. The van der Waals surface area contributed by atoms with Crippen molar-refractivity contribution in [3.05, 3.63) is 0 Å². The molecular weight excluding hydrogens is 379 g/mol. The molecule has 122 valence electrons. The Morgan fingerprint density at radius 1 is 1.19 bits per heavy atom. The average Bonchev–Trinajstić information content (AvgIpc) is 3.31. The van der Waals surface area contributed by atoms with Crippen molar-refractivity contribution in [2.75, 3.05) is 26.2 Å². The molecule has 3 aliphatic rings. The average molecular weight is 408 g/mol. The molecule has 21 heavy (non-hydrogen) atoms. The normalized spacial score (nSPS) is 29.0. The highest BCUT2D eigenvalue weighted by atomic mass is 127. The molecule has 2 saturated carbocycles. The van der Waals surface area contributed by atoms with Gasteiger partial charge in [-0.05, 0) is 25.7 Å². The molecule has 3 fully saturated rings. The van der Waals surface area contributed by atoms with Crippen molar-refractivity contribution >= 4 is 29.9 Å². The second-order valence-electron chi connectivity index (χ2n) is 6.42. The fraction of sp³-hybridized carbons (Fsp3) is 0.933. The molecule has 1 unspecified atom stereocenters. The van der Waals surface area contributed by atoms with Crippen molar-refractivity contribution in [1.82, 2.24) is 10.2 Å². The Morgan fingerprint density at radius 2 is 1.95 bits per heavy atom. The third-order valence-electron chi connectivity index (χ3n) is 4.66. The first kappa shape index (κ1) is 17.3. The number of hydrogen-bond acceptors (Lipinski definition) is 3. The summed E-state index contributed by atoms with van der Waals surface area (Å²) in [4.78, 5) is 7.04. The maximum atomic E-state index is 6.00. The number of guanidine groups is 1. The largest absolute Gasteiger partial charge is 0.374 e. The number of nitrogens with two attached hydrogens (primary N) is 1. The molecule has 0 aromatic heterocycles. The van der Waals surface area contributed by atoms with Gasteiger partial charge in [0.1, 0.15) is 0 Å². The number of aliphatic imine (C=N–C) groups is 1. The first-order valence-corrected chi connectivity index (χ1v) is 8.23. The Morgan fingerprint density at radius 3 is 2.67 bits per heavy atom. The summed E-state index contributed by atoms with van der Waals surface area (Å²) >= 11 is 0. The highest BCUT2D eigenvalue weighted by Crippen LogP contribution is 2.28. The predicted octanol–water partition coefficient (Wildman–Crippen LogP) is 1.70. The monoisotopic (exact) mass is 408 g/mol. The highest BCUT2D eigenvalue weighted by molar-refractivity contribution is 14.0. The van der Waals surface area contributed by atoms with Gasteiger partial charge in [-0.15, -0.1) is 24.0 Å². The van der Waals surface area contributed by atoms with Crippen molar-refractivity contribution in [2.45, 2.75) is 63.1 Å². The second-order valence-corrected chi connectivity index (χ2v) is 6.42. The van der Waals surface area contributed by atoms with Gasteiger partial charge in [-0.3, -0.25) is 9.89 Å². The first-order chi connectivity index (χ1) is 9.81. The number of rotatable bonds is 4. The van der Waals surface area contributed by atoms with E-state index in [2.05, 4.69) is 15.2 Å². The Kier molecular flexibility index (Phi) is 7.01. The highest BCUT2D eigenvalue weighted by Gasteiger charge is 2.32. The van der Waals surface area contributed by atoms with Gasteiger partial charge >= 0.3 is 0 Å². The van der Waals surface area contributed by atoms with Crippen LogP contribution in [0.4, 0.5) is 0 Å². The number of nitrogens with one attached hydrogen (secondary N) is 1. The van der Waals surface area contributed by atoms with E-state index in [4.69, 9.17) is 10.5 Å². The molecule has 0 bridgehead atoms. The Hall–Kier alpha value is -0.0800.